The fourth-order valence-electron chi connectivity index (χ4n) is 2.51. The second-order valence-corrected chi connectivity index (χ2v) is 5.94. The first-order valence-corrected chi connectivity index (χ1v) is 7.61. The van der Waals surface area contributed by atoms with Gasteiger partial charge in [-0.25, -0.2) is 9.18 Å². The van der Waals surface area contributed by atoms with E-state index in [1.807, 2.05) is 0 Å². The lowest BCUT2D eigenvalue weighted by Gasteiger charge is -2.18. The summed E-state index contributed by atoms with van der Waals surface area (Å²) in [7, 11) is 2.86. The number of carbonyl (C=O) groups is 2. The van der Waals surface area contributed by atoms with Crippen molar-refractivity contribution in [2.75, 3.05) is 14.2 Å². The molecule has 1 aromatic heterocycles. The van der Waals surface area contributed by atoms with Crippen LogP contribution in [0.15, 0.2) is 18.2 Å². The molecule has 1 heterocycles. The summed E-state index contributed by atoms with van der Waals surface area (Å²) >= 11 is 5.84. The van der Waals surface area contributed by atoms with Gasteiger partial charge in [-0.3, -0.25) is 4.79 Å². The van der Waals surface area contributed by atoms with E-state index in [0.717, 1.165) is 17.3 Å². The highest BCUT2D eigenvalue weighted by Crippen LogP contribution is 2.22. The van der Waals surface area contributed by atoms with Gasteiger partial charge in [-0.05, 0) is 43.2 Å². The van der Waals surface area contributed by atoms with Crippen molar-refractivity contribution < 1.29 is 18.7 Å². The number of H-pyrrole nitrogens is 1. The van der Waals surface area contributed by atoms with Crippen LogP contribution in [0.4, 0.5) is 4.39 Å². The standard InChI is InChI=1S/C17H18ClFN2O3/c1-9-13(10(2)20-15(9)17(23)24-4)8-21(3)16(22)12-7-11(18)5-6-14(12)19/h5-7,20H,8H2,1-4H3. The number of nitrogens with one attached hydrogen (secondary N) is 1. The number of ether oxygens (including phenoxy) is 1. The number of hydrogen-bond acceptors (Lipinski definition) is 3. The van der Waals surface area contributed by atoms with Gasteiger partial charge in [-0.15, -0.1) is 0 Å². The third kappa shape index (κ3) is 3.43. The van der Waals surface area contributed by atoms with E-state index in [2.05, 4.69) is 4.98 Å². The second kappa shape index (κ2) is 7.05. The Kier molecular flexibility index (Phi) is 5.29. The maximum atomic E-state index is 13.9. The van der Waals surface area contributed by atoms with Crippen molar-refractivity contribution in [3.05, 3.63) is 57.1 Å². The molecule has 0 radical (unpaired) electrons. The predicted molar refractivity (Wildman–Crippen MR) is 88.8 cm³/mol. The molecule has 0 atom stereocenters. The Bertz CT molecular complexity index is 801. The van der Waals surface area contributed by atoms with Crippen LogP contribution < -0.4 is 0 Å². The third-order valence-corrected chi connectivity index (χ3v) is 4.12. The average Bonchev–Trinajstić information content (AvgIpc) is 2.83. The number of nitrogens with zero attached hydrogens (tertiary/aromatic N) is 1. The van der Waals surface area contributed by atoms with E-state index in [1.165, 1.54) is 24.1 Å². The van der Waals surface area contributed by atoms with Gasteiger partial charge >= 0.3 is 5.97 Å². The van der Waals surface area contributed by atoms with Gasteiger partial charge < -0.3 is 14.6 Å². The van der Waals surface area contributed by atoms with E-state index in [9.17, 15) is 14.0 Å². The number of methoxy groups -OCH3 is 1. The molecule has 24 heavy (non-hydrogen) atoms. The van der Waals surface area contributed by atoms with Crippen LogP contribution >= 0.6 is 11.6 Å². The predicted octanol–water partition coefficient (Wildman–Crippen LogP) is 3.48. The maximum absolute atomic E-state index is 13.9. The molecule has 0 saturated carbocycles. The molecule has 0 aliphatic heterocycles. The van der Waals surface area contributed by atoms with E-state index in [0.29, 0.717) is 11.3 Å². The van der Waals surface area contributed by atoms with Crippen molar-refractivity contribution in [2.45, 2.75) is 20.4 Å². The SMILES string of the molecule is COC(=O)c1[nH]c(C)c(CN(C)C(=O)c2cc(Cl)ccc2F)c1C. The van der Waals surface area contributed by atoms with E-state index < -0.39 is 17.7 Å². The molecule has 0 spiro atoms. The summed E-state index contributed by atoms with van der Waals surface area (Å²) < 4.78 is 18.6. The van der Waals surface area contributed by atoms with Crippen LogP contribution in [0.3, 0.4) is 0 Å². The van der Waals surface area contributed by atoms with Gasteiger partial charge in [0.15, 0.2) is 0 Å². The maximum Gasteiger partial charge on any atom is 0.354 e. The monoisotopic (exact) mass is 352 g/mol. The Balaban J connectivity index is 2.28. The van der Waals surface area contributed by atoms with Gasteiger partial charge in [0.1, 0.15) is 11.5 Å². The number of benzene rings is 1. The summed E-state index contributed by atoms with van der Waals surface area (Å²) in [4.78, 5) is 28.5. The number of aromatic nitrogens is 1. The number of rotatable bonds is 4. The van der Waals surface area contributed by atoms with E-state index >= 15 is 0 Å². The largest absolute Gasteiger partial charge is 0.464 e. The second-order valence-electron chi connectivity index (χ2n) is 5.51. The highest BCUT2D eigenvalue weighted by atomic mass is 35.5. The minimum atomic E-state index is -0.631. The summed E-state index contributed by atoms with van der Waals surface area (Å²) in [5, 5.41) is 0.287. The Hall–Kier alpha value is -2.34. The Morgan fingerprint density at radius 2 is 2.00 bits per heavy atom. The number of halogens is 2. The zero-order chi connectivity index (χ0) is 18.0. The Morgan fingerprint density at radius 3 is 2.62 bits per heavy atom. The summed E-state index contributed by atoms with van der Waals surface area (Å²) in [6, 6.07) is 3.84. The molecule has 0 fully saturated rings. The summed E-state index contributed by atoms with van der Waals surface area (Å²) in [6.07, 6.45) is 0. The number of esters is 1. The fourth-order valence-corrected chi connectivity index (χ4v) is 2.68. The first kappa shape index (κ1) is 18.0. The van der Waals surface area contributed by atoms with Gasteiger partial charge in [0.2, 0.25) is 0 Å². The normalized spacial score (nSPS) is 10.6. The van der Waals surface area contributed by atoms with Crippen LogP contribution in [0.1, 0.15) is 37.7 Å². The first-order chi connectivity index (χ1) is 11.3. The van der Waals surface area contributed by atoms with Crippen LogP contribution in [0.5, 0.6) is 0 Å². The summed E-state index contributed by atoms with van der Waals surface area (Å²) in [5.41, 5.74) is 2.49. The quantitative estimate of drug-likeness (QED) is 0.857. The van der Waals surface area contributed by atoms with Crippen molar-refractivity contribution in [2.24, 2.45) is 0 Å². The van der Waals surface area contributed by atoms with Gasteiger partial charge in [0.25, 0.3) is 5.91 Å². The van der Waals surface area contributed by atoms with E-state index in [4.69, 9.17) is 16.3 Å². The molecule has 1 N–H and O–H groups in total. The zero-order valence-corrected chi connectivity index (χ0v) is 14.6. The number of aromatic amines is 1. The number of carbonyl (C=O) groups excluding carboxylic acids is 2. The zero-order valence-electron chi connectivity index (χ0n) is 13.9. The molecule has 7 heteroatoms. The number of hydrogen-bond donors (Lipinski definition) is 1. The van der Waals surface area contributed by atoms with Crippen LogP contribution in [-0.4, -0.2) is 35.9 Å². The third-order valence-electron chi connectivity index (χ3n) is 3.88. The van der Waals surface area contributed by atoms with Crippen molar-refractivity contribution in [1.29, 1.82) is 0 Å². The van der Waals surface area contributed by atoms with Gasteiger partial charge in [0.05, 0.1) is 12.7 Å². The highest BCUT2D eigenvalue weighted by Gasteiger charge is 2.22. The molecule has 0 saturated heterocycles. The molecule has 2 rings (SSSR count). The van der Waals surface area contributed by atoms with Crippen molar-refractivity contribution in [3.63, 3.8) is 0 Å². The van der Waals surface area contributed by atoms with Gasteiger partial charge in [-0.1, -0.05) is 11.6 Å². The topological polar surface area (TPSA) is 62.4 Å². The molecular weight excluding hydrogens is 335 g/mol. The van der Waals surface area contributed by atoms with Gasteiger partial charge in [-0.2, -0.15) is 0 Å². The lowest BCUT2D eigenvalue weighted by atomic mass is 10.1. The van der Waals surface area contributed by atoms with Crippen molar-refractivity contribution >= 4 is 23.5 Å². The summed E-state index contributed by atoms with van der Waals surface area (Å²) in [5.74, 6) is -1.60. The van der Waals surface area contributed by atoms with Crippen LogP contribution in [0.25, 0.3) is 0 Å². The lowest BCUT2D eigenvalue weighted by Crippen LogP contribution is -2.27. The molecule has 1 amide bonds. The number of amides is 1. The van der Waals surface area contributed by atoms with E-state index in [1.54, 1.807) is 20.9 Å². The molecule has 0 unspecified atom stereocenters. The highest BCUT2D eigenvalue weighted by molar-refractivity contribution is 6.31. The Labute approximate surface area is 144 Å². The average molecular weight is 353 g/mol. The van der Waals surface area contributed by atoms with Crippen LogP contribution in [0, 0.1) is 19.7 Å². The molecule has 2 aromatic rings. The smallest absolute Gasteiger partial charge is 0.354 e. The molecule has 0 aliphatic rings. The van der Waals surface area contributed by atoms with Crippen molar-refractivity contribution in [1.82, 2.24) is 9.88 Å². The minimum Gasteiger partial charge on any atom is -0.464 e. The lowest BCUT2D eigenvalue weighted by molar-refractivity contribution is 0.0593. The van der Waals surface area contributed by atoms with Crippen LogP contribution in [0.2, 0.25) is 5.02 Å². The summed E-state index contributed by atoms with van der Waals surface area (Å²) in [6.45, 7) is 3.78. The molecule has 1 aromatic carbocycles. The molecule has 0 aliphatic carbocycles. The minimum absolute atomic E-state index is 0.0935. The molecule has 0 bridgehead atoms. The molecule has 128 valence electrons. The molecule has 5 nitrogen and oxygen atoms in total. The van der Waals surface area contributed by atoms with Gasteiger partial charge in [0, 0.05) is 24.3 Å². The van der Waals surface area contributed by atoms with Crippen molar-refractivity contribution in [3.8, 4) is 0 Å². The molecular formula is C17H18ClFN2O3. The Morgan fingerprint density at radius 1 is 1.33 bits per heavy atom. The first-order valence-electron chi connectivity index (χ1n) is 7.23. The fraction of sp³-hybridized carbons (Fsp3) is 0.294. The van der Waals surface area contributed by atoms with E-state index in [-0.39, 0.29) is 17.1 Å². The van der Waals surface area contributed by atoms with Crippen LogP contribution in [-0.2, 0) is 11.3 Å². The number of aryl methyl sites for hydroxylation is 1.